The van der Waals surface area contributed by atoms with Gasteiger partial charge < -0.3 is 18.8 Å². The lowest BCUT2D eigenvalue weighted by Crippen LogP contribution is -2.40. The number of ether oxygens (including phenoxy) is 2. The first-order valence-electron chi connectivity index (χ1n) is 8.69. The lowest BCUT2D eigenvalue weighted by Gasteiger charge is -2.25. The van der Waals surface area contributed by atoms with Gasteiger partial charge in [0.25, 0.3) is 5.91 Å². The highest BCUT2D eigenvalue weighted by Gasteiger charge is 2.26. The van der Waals surface area contributed by atoms with Crippen LogP contribution in [-0.4, -0.2) is 54.4 Å². The molecule has 136 valence electrons. The molecule has 4 rings (SSSR count). The first kappa shape index (κ1) is 16.7. The standard InChI is InChI=1S/C19H20N2O5/c1-3-25-19(23)21-14-10-12(2)4-5-13(14)17-15(21)11-16(26-17)18(22)20-6-8-24-9-7-20/h4-5,10-11H,3,6-9H2,1-2H3. The first-order valence-corrected chi connectivity index (χ1v) is 8.69. The number of hydrogen-bond acceptors (Lipinski definition) is 5. The molecule has 0 spiro atoms. The Hall–Kier alpha value is -2.80. The van der Waals surface area contributed by atoms with Crippen LogP contribution in [0.25, 0.3) is 22.0 Å². The van der Waals surface area contributed by atoms with E-state index in [1.54, 1.807) is 17.9 Å². The van der Waals surface area contributed by atoms with Crippen LogP contribution in [0.2, 0.25) is 0 Å². The van der Waals surface area contributed by atoms with Gasteiger partial charge in [-0.05, 0) is 31.5 Å². The third-order valence-electron chi connectivity index (χ3n) is 4.55. The van der Waals surface area contributed by atoms with Gasteiger partial charge in [0, 0.05) is 24.5 Å². The number of morpholine rings is 1. The Kier molecular flexibility index (Phi) is 4.16. The van der Waals surface area contributed by atoms with E-state index in [0.717, 1.165) is 10.9 Å². The van der Waals surface area contributed by atoms with Gasteiger partial charge in [-0.2, -0.15) is 0 Å². The molecule has 3 heterocycles. The van der Waals surface area contributed by atoms with Gasteiger partial charge in [0.15, 0.2) is 11.3 Å². The summed E-state index contributed by atoms with van der Waals surface area (Å²) in [7, 11) is 0. The Morgan fingerprint density at radius 2 is 1.92 bits per heavy atom. The topological polar surface area (TPSA) is 73.9 Å². The quantitative estimate of drug-likeness (QED) is 0.705. The first-order chi connectivity index (χ1) is 12.6. The second-order valence-electron chi connectivity index (χ2n) is 6.28. The summed E-state index contributed by atoms with van der Waals surface area (Å²) >= 11 is 0. The summed E-state index contributed by atoms with van der Waals surface area (Å²) in [6.45, 7) is 6.07. The van der Waals surface area contributed by atoms with E-state index in [2.05, 4.69) is 0 Å². The highest BCUT2D eigenvalue weighted by atomic mass is 16.5. The highest BCUT2D eigenvalue weighted by molar-refractivity contribution is 6.12. The summed E-state index contributed by atoms with van der Waals surface area (Å²) in [5.74, 6) is 0.0256. The fraction of sp³-hybridized carbons (Fsp3) is 0.368. The maximum absolute atomic E-state index is 12.7. The smallest absolute Gasteiger partial charge is 0.419 e. The van der Waals surface area contributed by atoms with Crippen LogP contribution in [0.1, 0.15) is 23.0 Å². The Labute approximate surface area is 150 Å². The molecule has 1 amide bonds. The van der Waals surface area contributed by atoms with Gasteiger partial charge in [0.05, 0.1) is 30.9 Å². The van der Waals surface area contributed by atoms with Crippen molar-refractivity contribution in [2.24, 2.45) is 0 Å². The summed E-state index contributed by atoms with van der Waals surface area (Å²) in [5.41, 5.74) is 2.79. The molecule has 1 saturated heterocycles. The molecule has 3 aromatic rings. The van der Waals surface area contributed by atoms with Crippen LogP contribution in [0.15, 0.2) is 28.7 Å². The molecule has 2 aromatic heterocycles. The second-order valence-corrected chi connectivity index (χ2v) is 6.28. The average Bonchev–Trinajstić information content (AvgIpc) is 3.18. The van der Waals surface area contributed by atoms with E-state index in [-0.39, 0.29) is 18.3 Å². The summed E-state index contributed by atoms with van der Waals surface area (Å²) < 4.78 is 17.8. The number of aryl methyl sites for hydroxylation is 1. The molecule has 7 heteroatoms. The Morgan fingerprint density at radius 3 is 2.65 bits per heavy atom. The van der Waals surface area contributed by atoms with Gasteiger partial charge in [-0.25, -0.2) is 9.36 Å². The molecule has 7 nitrogen and oxygen atoms in total. The molecule has 0 aliphatic carbocycles. The molecule has 0 radical (unpaired) electrons. The molecule has 0 atom stereocenters. The fourth-order valence-electron chi connectivity index (χ4n) is 3.30. The number of carbonyl (C=O) groups is 2. The Balaban J connectivity index is 1.85. The van der Waals surface area contributed by atoms with Crippen molar-refractivity contribution >= 4 is 34.0 Å². The number of hydrogen-bond donors (Lipinski definition) is 0. The van der Waals surface area contributed by atoms with E-state index in [0.29, 0.717) is 42.9 Å². The molecular weight excluding hydrogens is 336 g/mol. The Morgan fingerprint density at radius 1 is 1.15 bits per heavy atom. The number of nitrogens with zero attached hydrogens (tertiary/aromatic N) is 2. The minimum atomic E-state index is -0.482. The van der Waals surface area contributed by atoms with Crippen LogP contribution >= 0.6 is 0 Å². The summed E-state index contributed by atoms with van der Waals surface area (Å²) in [4.78, 5) is 26.9. The number of rotatable bonds is 2. The summed E-state index contributed by atoms with van der Waals surface area (Å²) in [6.07, 6.45) is -0.482. The summed E-state index contributed by atoms with van der Waals surface area (Å²) in [5, 5.41) is 0.777. The van der Waals surface area contributed by atoms with Crippen molar-refractivity contribution in [2.45, 2.75) is 13.8 Å². The molecule has 0 saturated carbocycles. The van der Waals surface area contributed by atoms with E-state index in [1.807, 2.05) is 25.1 Å². The lowest BCUT2D eigenvalue weighted by atomic mass is 10.2. The second kappa shape index (κ2) is 6.49. The van der Waals surface area contributed by atoms with E-state index < -0.39 is 6.09 Å². The normalized spacial score (nSPS) is 14.9. The Bertz CT molecular complexity index is 994. The van der Waals surface area contributed by atoms with Gasteiger partial charge in [-0.15, -0.1) is 0 Å². The van der Waals surface area contributed by atoms with Gasteiger partial charge in [0.1, 0.15) is 0 Å². The SMILES string of the molecule is CCOC(=O)n1c2cc(C)ccc2c2oc(C(=O)N3CCOCC3)cc21. The third kappa shape index (κ3) is 2.64. The number of amides is 1. The van der Waals surface area contributed by atoms with Crippen LogP contribution in [-0.2, 0) is 9.47 Å². The van der Waals surface area contributed by atoms with E-state index in [1.165, 1.54) is 4.57 Å². The molecule has 1 aliphatic rings. The van der Waals surface area contributed by atoms with Crippen LogP contribution in [0, 0.1) is 6.92 Å². The zero-order valence-electron chi connectivity index (χ0n) is 14.8. The summed E-state index contributed by atoms with van der Waals surface area (Å²) in [6, 6.07) is 7.38. The van der Waals surface area contributed by atoms with Crippen LogP contribution < -0.4 is 0 Å². The maximum atomic E-state index is 12.7. The van der Waals surface area contributed by atoms with Gasteiger partial charge >= 0.3 is 6.09 Å². The fourth-order valence-corrected chi connectivity index (χ4v) is 3.30. The minimum absolute atomic E-state index is 0.194. The number of fused-ring (bicyclic) bond motifs is 3. The third-order valence-corrected chi connectivity index (χ3v) is 4.55. The largest absolute Gasteiger partial charge is 0.449 e. The number of aromatic nitrogens is 1. The predicted octanol–water partition coefficient (Wildman–Crippen LogP) is 3.17. The van der Waals surface area contributed by atoms with Crippen LogP contribution in [0.5, 0.6) is 0 Å². The molecular formula is C19H20N2O5. The number of furan rings is 1. The van der Waals surface area contributed by atoms with Crippen molar-refractivity contribution in [1.82, 2.24) is 9.47 Å². The van der Waals surface area contributed by atoms with Crippen LogP contribution in [0.3, 0.4) is 0 Å². The number of carbonyl (C=O) groups excluding carboxylic acids is 2. The molecule has 26 heavy (non-hydrogen) atoms. The molecule has 1 aromatic carbocycles. The molecule has 0 N–H and O–H groups in total. The molecule has 1 fully saturated rings. The van der Waals surface area contributed by atoms with Gasteiger partial charge in [-0.1, -0.05) is 6.07 Å². The van der Waals surface area contributed by atoms with Crippen molar-refractivity contribution < 1.29 is 23.5 Å². The zero-order valence-corrected chi connectivity index (χ0v) is 14.8. The van der Waals surface area contributed by atoms with E-state index in [4.69, 9.17) is 13.9 Å². The zero-order chi connectivity index (χ0) is 18.3. The average molecular weight is 356 g/mol. The van der Waals surface area contributed by atoms with E-state index >= 15 is 0 Å². The van der Waals surface area contributed by atoms with Crippen molar-refractivity contribution in [3.63, 3.8) is 0 Å². The van der Waals surface area contributed by atoms with Gasteiger partial charge in [0.2, 0.25) is 0 Å². The van der Waals surface area contributed by atoms with Crippen LogP contribution in [0.4, 0.5) is 4.79 Å². The van der Waals surface area contributed by atoms with Crippen molar-refractivity contribution in [1.29, 1.82) is 0 Å². The lowest BCUT2D eigenvalue weighted by molar-refractivity contribution is 0.0284. The van der Waals surface area contributed by atoms with Crippen molar-refractivity contribution in [3.8, 4) is 0 Å². The predicted molar refractivity (Wildman–Crippen MR) is 95.6 cm³/mol. The minimum Gasteiger partial charge on any atom is -0.449 e. The monoisotopic (exact) mass is 356 g/mol. The highest BCUT2D eigenvalue weighted by Crippen LogP contribution is 2.33. The van der Waals surface area contributed by atoms with Crippen molar-refractivity contribution in [2.75, 3.05) is 32.9 Å². The molecule has 0 unspecified atom stereocenters. The van der Waals surface area contributed by atoms with Gasteiger partial charge in [-0.3, -0.25) is 4.79 Å². The number of benzene rings is 1. The van der Waals surface area contributed by atoms with Crippen molar-refractivity contribution in [3.05, 3.63) is 35.6 Å². The van der Waals surface area contributed by atoms with E-state index in [9.17, 15) is 9.59 Å². The molecule has 0 bridgehead atoms. The maximum Gasteiger partial charge on any atom is 0.419 e. The molecule has 1 aliphatic heterocycles.